The predicted molar refractivity (Wildman–Crippen MR) is 104 cm³/mol. The van der Waals surface area contributed by atoms with Crippen molar-refractivity contribution in [2.75, 3.05) is 0 Å². The molecule has 112 valence electrons. The van der Waals surface area contributed by atoms with Crippen molar-refractivity contribution in [3.8, 4) is 0 Å². The van der Waals surface area contributed by atoms with Crippen LogP contribution in [0.25, 0.3) is 36.0 Å². The predicted octanol–water partition coefficient (Wildman–Crippen LogP) is 6.24. The molecule has 0 fully saturated rings. The van der Waals surface area contributed by atoms with Crippen LogP contribution >= 0.6 is 0 Å². The second-order valence-corrected chi connectivity index (χ2v) is 6.32. The first kappa shape index (κ1) is 13.3. The summed E-state index contributed by atoms with van der Waals surface area (Å²) in [5.41, 5.74) is 10.4. The lowest BCUT2D eigenvalue weighted by Crippen LogP contribution is -1.97. The van der Waals surface area contributed by atoms with E-state index in [0.717, 1.165) is 0 Å². The third kappa shape index (κ3) is 2.16. The van der Waals surface area contributed by atoms with E-state index in [4.69, 9.17) is 0 Å². The van der Waals surface area contributed by atoms with Gasteiger partial charge in [0.15, 0.2) is 0 Å². The maximum atomic E-state index is 2.29. The van der Waals surface area contributed by atoms with E-state index in [9.17, 15) is 0 Å². The Morgan fingerprint density at radius 1 is 0.542 bits per heavy atom. The molecular formula is C24H16. The summed E-state index contributed by atoms with van der Waals surface area (Å²) in [6.45, 7) is 0. The van der Waals surface area contributed by atoms with Gasteiger partial charge in [-0.05, 0) is 62.7 Å². The van der Waals surface area contributed by atoms with Gasteiger partial charge in [-0.25, -0.2) is 0 Å². The minimum atomic E-state index is 1.23. The van der Waals surface area contributed by atoms with Gasteiger partial charge in [0, 0.05) is 0 Å². The first-order valence-electron chi connectivity index (χ1n) is 8.29. The molecule has 0 saturated carbocycles. The summed E-state index contributed by atoms with van der Waals surface area (Å²) in [4.78, 5) is 0. The summed E-state index contributed by atoms with van der Waals surface area (Å²) < 4.78 is 0. The molecule has 0 radical (unpaired) electrons. The Balaban J connectivity index is 1.67. The molecule has 2 aliphatic rings. The molecule has 0 aromatic heterocycles. The molecule has 0 spiro atoms. The summed E-state index contributed by atoms with van der Waals surface area (Å²) in [5.74, 6) is 0. The van der Waals surface area contributed by atoms with Crippen LogP contribution in [0, 0.1) is 0 Å². The number of fused-ring (bicyclic) bond motifs is 2. The van der Waals surface area contributed by atoms with E-state index < -0.39 is 0 Å². The summed E-state index contributed by atoms with van der Waals surface area (Å²) in [6, 6.07) is 24.0. The van der Waals surface area contributed by atoms with Crippen molar-refractivity contribution in [1.82, 2.24) is 0 Å². The molecule has 0 N–H and O–H groups in total. The standard InChI is InChI=1S/C24H16/c1-2-4-17(5-3-1)14-24(22-12-8-18-6-10-20(18)15-22)23-13-9-19-7-11-21(19)16-23/h1-16H. The van der Waals surface area contributed by atoms with Crippen molar-refractivity contribution in [3.63, 3.8) is 0 Å². The number of hydrogen-bond acceptors (Lipinski definition) is 0. The number of hydrogen-bond donors (Lipinski definition) is 0. The summed E-state index contributed by atoms with van der Waals surface area (Å²) >= 11 is 0. The molecule has 0 unspecified atom stereocenters. The zero-order chi connectivity index (χ0) is 15.9. The highest BCUT2D eigenvalue weighted by atomic mass is 14.2. The fourth-order valence-electron chi connectivity index (χ4n) is 3.29. The fourth-order valence-corrected chi connectivity index (χ4v) is 3.29. The second-order valence-electron chi connectivity index (χ2n) is 6.32. The quantitative estimate of drug-likeness (QED) is 0.346. The number of rotatable bonds is 3. The Kier molecular flexibility index (Phi) is 2.89. The van der Waals surface area contributed by atoms with E-state index in [1.54, 1.807) is 0 Å². The van der Waals surface area contributed by atoms with E-state index >= 15 is 0 Å². The monoisotopic (exact) mass is 304 g/mol. The molecule has 0 heterocycles. The van der Waals surface area contributed by atoms with Crippen LogP contribution in [0.1, 0.15) is 38.9 Å². The van der Waals surface area contributed by atoms with Gasteiger partial charge in [0.05, 0.1) is 0 Å². The molecule has 2 aliphatic carbocycles. The van der Waals surface area contributed by atoms with Gasteiger partial charge < -0.3 is 0 Å². The molecule has 0 atom stereocenters. The maximum absolute atomic E-state index is 2.29. The zero-order valence-corrected chi connectivity index (χ0v) is 13.2. The van der Waals surface area contributed by atoms with Crippen molar-refractivity contribution in [3.05, 3.63) is 106 Å². The summed E-state index contributed by atoms with van der Waals surface area (Å²) in [7, 11) is 0. The van der Waals surface area contributed by atoms with Crippen LogP contribution in [-0.4, -0.2) is 0 Å². The lowest BCUT2D eigenvalue weighted by atomic mass is 9.87. The molecule has 5 rings (SSSR count). The Morgan fingerprint density at radius 2 is 1.08 bits per heavy atom. The average molecular weight is 304 g/mol. The Morgan fingerprint density at radius 3 is 1.54 bits per heavy atom. The Labute approximate surface area is 142 Å². The van der Waals surface area contributed by atoms with Crippen molar-refractivity contribution in [2.45, 2.75) is 0 Å². The topological polar surface area (TPSA) is 0 Å². The smallest absolute Gasteiger partial charge is 0.0105 e. The van der Waals surface area contributed by atoms with Gasteiger partial charge in [0.1, 0.15) is 0 Å². The highest BCUT2D eigenvalue weighted by Gasteiger charge is 2.13. The van der Waals surface area contributed by atoms with E-state index in [0.29, 0.717) is 0 Å². The minimum Gasteiger partial charge on any atom is -0.0622 e. The van der Waals surface area contributed by atoms with Crippen LogP contribution < -0.4 is 0 Å². The highest BCUT2D eigenvalue weighted by Crippen LogP contribution is 2.34. The summed E-state index contributed by atoms with van der Waals surface area (Å²) in [5, 5.41) is 0. The SMILES string of the molecule is C1=Cc2cc(C(=Cc3ccccc3)c3ccc4c(c3)C=C4)ccc21. The molecule has 0 amide bonds. The van der Waals surface area contributed by atoms with Crippen LogP contribution in [-0.2, 0) is 0 Å². The van der Waals surface area contributed by atoms with Crippen LogP contribution in [0.2, 0.25) is 0 Å². The van der Waals surface area contributed by atoms with Gasteiger partial charge in [0.2, 0.25) is 0 Å². The third-order valence-corrected chi connectivity index (χ3v) is 4.79. The van der Waals surface area contributed by atoms with Gasteiger partial charge in [-0.1, -0.05) is 78.9 Å². The molecule has 3 aromatic rings. The van der Waals surface area contributed by atoms with E-state index in [1.807, 2.05) is 0 Å². The summed E-state index contributed by atoms with van der Waals surface area (Å²) in [6.07, 6.45) is 11.0. The van der Waals surface area contributed by atoms with E-state index in [2.05, 4.69) is 97.1 Å². The fraction of sp³-hybridized carbons (Fsp3) is 0. The van der Waals surface area contributed by atoms with Crippen LogP contribution in [0.5, 0.6) is 0 Å². The Bertz CT molecular complexity index is 967. The molecule has 0 bridgehead atoms. The molecule has 0 heteroatoms. The lowest BCUT2D eigenvalue weighted by molar-refractivity contribution is 1.48. The second kappa shape index (κ2) is 5.21. The van der Waals surface area contributed by atoms with Crippen molar-refractivity contribution < 1.29 is 0 Å². The van der Waals surface area contributed by atoms with E-state index in [-0.39, 0.29) is 0 Å². The first-order chi connectivity index (χ1) is 11.9. The maximum Gasteiger partial charge on any atom is -0.0105 e. The van der Waals surface area contributed by atoms with Crippen LogP contribution in [0.15, 0.2) is 66.7 Å². The normalized spacial score (nSPS) is 12.7. The number of benzene rings is 3. The van der Waals surface area contributed by atoms with Gasteiger partial charge in [-0.15, -0.1) is 0 Å². The van der Waals surface area contributed by atoms with E-state index in [1.165, 1.54) is 44.5 Å². The molecule has 0 aliphatic heterocycles. The average Bonchev–Trinajstić information content (AvgIpc) is 2.57. The molecule has 24 heavy (non-hydrogen) atoms. The van der Waals surface area contributed by atoms with Gasteiger partial charge in [-0.3, -0.25) is 0 Å². The zero-order valence-electron chi connectivity index (χ0n) is 13.2. The van der Waals surface area contributed by atoms with Crippen molar-refractivity contribution in [2.24, 2.45) is 0 Å². The van der Waals surface area contributed by atoms with Crippen molar-refractivity contribution in [1.29, 1.82) is 0 Å². The van der Waals surface area contributed by atoms with Crippen molar-refractivity contribution >= 4 is 36.0 Å². The van der Waals surface area contributed by atoms with Gasteiger partial charge >= 0.3 is 0 Å². The molecule has 3 aromatic carbocycles. The van der Waals surface area contributed by atoms with Gasteiger partial charge in [-0.2, -0.15) is 0 Å². The Hall–Kier alpha value is -3.12. The van der Waals surface area contributed by atoms with Crippen LogP contribution in [0.4, 0.5) is 0 Å². The largest absolute Gasteiger partial charge is 0.0622 e. The van der Waals surface area contributed by atoms with Crippen LogP contribution in [0.3, 0.4) is 0 Å². The minimum absolute atomic E-state index is 1.23. The highest BCUT2D eigenvalue weighted by molar-refractivity contribution is 5.96. The molecular weight excluding hydrogens is 288 g/mol. The third-order valence-electron chi connectivity index (χ3n) is 4.79. The molecule has 0 saturated heterocycles. The lowest BCUT2D eigenvalue weighted by Gasteiger charge is -2.17. The first-order valence-corrected chi connectivity index (χ1v) is 8.29. The molecule has 0 nitrogen and oxygen atoms in total. The van der Waals surface area contributed by atoms with Gasteiger partial charge in [0.25, 0.3) is 0 Å².